The number of aliphatic hydroxyl groups is 1. The van der Waals surface area contributed by atoms with Crippen LogP contribution in [0.25, 0.3) is 0 Å². The van der Waals surface area contributed by atoms with Crippen molar-refractivity contribution < 1.29 is 19.8 Å². The van der Waals surface area contributed by atoms with Crippen LogP contribution in [0.2, 0.25) is 0 Å². The molecule has 3 aliphatic rings. The van der Waals surface area contributed by atoms with E-state index in [1.807, 2.05) is 6.92 Å². The van der Waals surface area contributed by atoms with E-state index in [9.17, 15) is 19.8 Å². The molecule has 23 heavy (non-hydrogen) atoms. The van der Waals surface area contributed by atoms with Gasteiger partial charge in [0.2, 0.25) is 5.91 Å². The van der Waals surface area contributed by atoms with E-state index < -0.39 is 18.0 Å². The highest BCUT2D eigenvalue weighted by Crippen LogP contribution is 2.48. The maximum atomic E-state index is 12.2. The largest absolute Gasteiger partial charge is 0.477 e. The highest BCUT2D eigenvalue weighted by Gasteiger charge is 2.57. The Morgan fingerprint density at radius 2 is 2.17 bits per heavy atom. The molecule has 3 aliphatic heterocycles. The number of aliphatic hydroxyl groups excluding tert-OH is 1. The van der Waals surface area contributed by atoms with Crippen LogP contribution in [0.1, 0.15) is 26.7 Å². The molecule has 0 aromatic rings. The van der Waals surface area contributed by atoms with Gasteiger partial charge in [-0.25, -0.2) is 4.79 Å². The van der Waals surface area contributed by atoms with Gasteiger partial charge in [0.25, 0.3) is 0 Å². The fourth-order valence-electron chi connectivity index (χ4n) is 3.71. The Kier molecular flexibility index (Phi) is 4.18. The van der Waals surface area contributed by atoms with Crippen molar-refractivity contribution in [2.45, 2.75) is 44.1 Å². The van der Waals surface area contributed by atoms with E-state index in [4.69, 9.17) is 0 Å². The molecule has 7 heteroatoms. The first-order valence-electron chi connectivity index (χ1n) is 7.86. The van der Waals surface area contributed by atoms with E-state index in [2.05, 4.69) is 11.5 Å². The lowest BCUT2D eigenvalue weighted by molar-refractivity contribution is -0.161. The Labute approximate surface area is 139 Å². The van der Waals surface area contributed by atoms with Gasteiger partial charge in [0, 0.05) is 35.4 Å². The standard InChI is InChI=1S/C16H22N2O4S/c1-8(2)17-5-4-10(7-17)23-12-6-11-13(9(3)19)15(20)18(11)14(12)16(21)22/h9-11,13,19H,1,4-7H2,2-3H3,(H,21,22)/t9-,10+,11-,13-/m1/s1. The molecule has 6 nitrogen and oxygen atoms in total. The minimum Gasteiger partial charge on any atom is -0.477 e. The summed E-state index contributed by atoms with van der Waals surface area (Å²) >= 11 is 1.58. The summed E-state index contributed by atoms with van der Waals surface area (Å²) in [6, 6.07) is -0.199. The van der Waals surface area contributed by atoms with Gasteiger partial charge in [-0.2, -0.15) is 0 Å². The van der Waals surface area contributed by atoms with E-state index in [1.165, 1.54) is 4.90 Å². The average Bonchev–Trinajstić information content (AvgIpc) is 3.02. The second-order valence-corrected chi connectivity index (χ2v) is 7.93. The van der Waals surface area contributed by atoms with Crippen LogP contribution < -0.4 is 0 Å². The lowest BCUT2D eigenvalue weighted by atomic mass is 9.83. The zero-order valence-electron chi connectivity index (χ0n) is 13.4. The first-order chi connectivity index (χ1) is 10.8. The molecule has 0 unspecified atom stereocenters. The Morgan fingerprint density at radius 1 is 1.48 bits per heavy atom. The molecule has 3 rings (SSSR count). The number of carboxylic acid groups (broad SMARTS) is 1. The molecule has 3 heterocycles. The molecule has 0 saturated carbocycles. The van der Waals surface area contributed by atoms with Crippen LogP contribution >= 0.6 is 11.8 Å². The Balaban J connectivity index is 1.75. The predicted molar refractivity (Wildman–Crippen MR) is 87.5 cm³/mol. The van der Waals surface area contributed by atoms with Crippen LogP contribution in [0.3, 0.4) is 0 Å². The summed E-state index contributed by atoms with van der Waals surface area (Å²) in [4.78, 5) is 28.1. The average molecular weight is 338 g/mol. The molecule has 1 amide bonds. The number of β-lactam (4-membered cyclic amide) rings is 1. The van der Waals surface area contributed by atoms with Crippen molar-refractivity contribution in [3.8, 4) is 0 Å². The number of fused-ring (bicyclic) bond motifs is 1. The summed E-state index contributed by atoms with van der Waals surface area (Å²) in [5.41, 5.74) is 1.15. The number of rotatable bonds is 5. The maximum absolute atomic E-state index is 12.2. The topological polar surface area (TPSA) is 81.1 Å². The molecule has 0 spiro atoms. The van der Waals surface area contributed by atoms with E-state index in [0.717, 1.165) is 30.1 Å². The molecular weight excluding hydrogens is 316 g/mol. The zero-order valence-corrected chi connectivity index (χ0v) is 14.2. The van der Waals surface area contributed by atoms with Gasteiger partial charge in [0.1, 0.15) is 5.70 Å². The van der Waals surface area contributed by atoms with Gasteiger partial charge in [0.15, 0.2) is 0 Å². The fraction of sp³-hybridized carbons (Fsp3) is 0.625. The molecule has 2 saturated heterocycles. The number of likely N-dealkylation sites (tertiary alicyclic amines) is 1. The minimum atomic E-state index is -1.05. The molecule has 2 fully saturated rings. The van der Waals surface area contributed by atoms with Crippen molar-refractivity contribution in [2.75, 3.05) is 13.1 Å². The van der Waals surface area contributed by atoms with Gasteiger partial charge < -0.3 is 20.0 Å². The van der Waals surface area contributed by atoms with Gasteiger partial charge in [-0.1, -0.05) is 6.58 Å². The number of nitrogens with zero attached hydrogens (tertiary/aromatic N) is 2. The predicted octanol–water partition coefficient (Wildman–Crippen LogP) is 1.24. The molecular formula is C16H22N2O4S. The first-order valence-corrected chi connectivity index (χ1v) is 8.74. The van der Waals surface area contributed by atoms with E-state index in [1.54, 1.807) is 18.7 Å². The number of hydrogen-bond donors (Lipinski definition) is 2. The van der Waals surface area contributed by atoms with E-state index in [-0.39, 0.29) is 17.6 Å². The molecule has 0 aliphatic carbocycles. The third kappa shape index (κ3) is 2.65. The van der Waals surface area contributed by atoms with Gasteiger partial charge in [0.05, 0.1) is 18.1 Å². The number of allylic oxidation sites excluding steroid dienone is 1. The third-order valence-electron chi connectivity index (χ3n) is 4.88. The van der Waals surface area contributed by atoms with Gasteiger partial charge in [-0.05, 0) is 20.3 Å². The Bertz CT molecular complexity index is 601. The van der Waals surface area contributed by atoms with Gasteiger partial charge in [-0.3, -0.25) is 4.79 Å². The highest BCUT2D eigenvalue weighted by atomic mass is 32.2. The Hall–Kier alpha value is -1.47. The molecule has 0 bridgehead atoms. The maximum Gasteiger partial charge on any atom is 0.353 e. The lowest BCUT2D eigenvalue weighted by Crippen LogP contribution is -2.61. The number of amides is 1. The molecule has 0 aromatic heterocycles. The van der Waals surface area contributed by atoms with Crippen LogP contribution in [0, 0.1) is 5.92 Å². The summed E-state index contributed by atoms with van der Waals surface area (Å²) < 4.78 is 0. The van der Waals surface area contributed by atoms with Gasteiger partial charge >= 0.3 is 5.97 Å². The van der Waals surface area contributed by atoms with Crippen molar-refractivity contribution in [1.82, 2.24) is 9.80 Å². The highest BCUT2D eigenvalue weighted by molar-refractivity contribution is 8.03. The summed E-state index contributed by atoms with van der Waals surface area (Å²) in [5.74, 6) is -1.80. The number of carbonyl (C=O) groups excluding carboxylic acids is 1. The minimum absolute atomic E-state index is 0.121. The smallest absolute Gasteiger partial charge is 0.353 e. The second-order valence-electron chi connectivity index (χ2n) is 6.53. The van der Waals surface area contributed by atoms with Crippen LogP contribution in [-0.2, 0) is 9.59 Å². The third-order valence-corrected chi connectivity index (χ3v) is 6.25. The van der Waals surface area contributed by atoms with Crippen LogP contribution in [0.4, 0.5) is 0 Å². The molecule has 2 N–H and O–H groups in total. The first kappa shape index (κ1) is 16.4. The zero-order chi connectivity index (χ0) is 16.9. The van der Waals surface area contributed by atoms with E-state index in [0.29, 0.717) is 11.7 Å². The summed E-state index contributed by atoms with van der Waals surface area (Å²) in [5, 5.41) is 19.6. The number of carbonyl (C=O) groups is 2. The van der Waals surface area contributed by atoms with Crippen molar-refractivity contribution >= 4 is 23.6 Å². The van der Waals surface area contributed by atoms with Crippen molar-refractivity contribution in [3.63, 3.8) is 0 Å². The number of carboxylic acids is 1. The Morgan fingerprint density at radius 3 is 2.70 bits per heavy atom. The molecule has 4 atom stereocenters. The van der Waals surface area contributed by atoms with Crippen LogP contribution in [0.15, 0.2) is 22.9 Å². The van der Waals surface area contributed by atoms with Gasteiger partial charge in [-0.15, -0.1) is 11.8 Å². The van der Waals surface area contributed by atoms with Crippen LogP contribution in [0.5, 0.6) is 0 Å². The molecule has 0 aromatic carbocycles. The summed E-state index contributed by atoms with van der Waals surface area (Å²) in [7, 11) is 0. The monoisotopic (exact) mass is 338 g/mol. The van der Waals surface area contributed by atoms with E-state index >= 15 is 0 Å². The van der Waals surface area contributed by atoms with Crippen molar-refractivity contribution in [1.29, 1.82) is 0 Å². The number of aliphatic carboxylic acids is 1. The summed E-state index contributed by atoms with van der Waals surface area (Å²) in [6.45, 7) is 9.31. The molecule has 0 radical (unpaired) electrons. The van der Waals surface area contributed by atoms with Crippen molar-refractivity contribution in [2.24, 2.45) is 5.92 Å². The fourth-order valence-corrected chi connectivity index (χ4v) is 5.15. The lowest BCUT2D eigenvalue weighted by Gasteiger charge is -2.44. The normalized spacial score (nSPS) is 31.3. The molecule has 126 valence electrons. The number of thioether (sulfide) groups is 1. The summed E-state index contributed by atoms with van der Waals surface area (Å²) in [6.07, 6.45) is 0.775. The second kappa shape index (κ2) is 5.87. The van der Waals surface area contributed by atoms with Crippen molar-refractivity contribution in [3.05, 3.63) is 22.9 Å². The SMILES string of the molecule is C=C(C)N1CC[C@H](SC2=C(C(=O)O)N3C(=O)[C@H]([C@@H](C)O)[C@H]3C2)C1. The number of hydrogen-bond acceptors (Lipinski definition) is 5. The quantitative estimate of drug-likeness (QED) is 0.734. The van der Waals surface area contributed by atoms with Crippen LogP contribution in [-0.4, -0.2) is 62.4 Å².